The molecule has 1 aromatic carbocycles. The van der Waals surface area contributed by atoms with Gasteiger partial charge in [-0.05, 0) is 16.6 Å². The van der Waals surface area contributed by atoms with E-state index in [1.54, 1.807) is 12.4 Å². The van der Waals surface area contributed by atoms with E-state index in [9.17, 15) is 0 Å². The minimum Gasteiger partial charge on any atom is -0.443 e. The second-order valence-corrected chi connectivity index (χ2v) is 2.33. The molecule has 1 aromatic heterocycles. The summed E-state index contributed by atoms with van der Waals surface area (Å²) in [4.78, 5) is 8.12. The summed E-state index contributed by atoms with van der Waals surface area (Å²) in [6, 6.07) is 5.89. The molecule has 92 valence electrons. The molecule has 1 heterocycles. The number of rotatable bonds is 1. The van der Waals surface area contributed by atoms with Crippen LogP contribution in [0.15, 0.2) is 31.1 Å². The smallest absolute Gasteiger partial charge is 0 e. The van der Waals surface area contributed by atoms with Gasteiger partial charge in [-0.1, -0.05) is 64.9 Å². The van der Waals surface area contributed by atoms with Crippen LogP contribution in [0.2, 0.25) is 0 Å². The molecule has 0 amide bonds. The molecule has 2 nitrogen and oxygen atoms in total. The molecule has 0 aliphatic heterocycles. The second-order valence-electron chi connectivity index (χ2n) is 2.33. The normalized spacial score (nSPS) is 7.29. The number of fused-ring (bicyclic) bond motifs is 1. The number of aromatic nitrogens is 2. The van der Waals surface area contributed by atoms with E-state index < -0.39 is 0 Å². The molecule has 2 rings (SSSR count). The van der Waals surface area contributed by atoms with Crippen molar-refractivity contribution in [1.82, 2.24) is 9.97 Å². The zero-order valence-electron chi connectivity index (χ0n) is 10.9. The molecule has 4 heteroatoms. The van der Waals surface area contributed by atoms with E-state index in [-0.39, 0.29) is 47.0 Å². The van der Waals surface area contributed by atoms with Gasteiger partial charge in [-0.3, -0.25) is 0 Å². The summed E-state index contributed by atoms with van der Waals surface area (Å²) in [6.45, 7) is 11.7. The van der Waals surface area contributed by atoms with Gasteiger partial charge in [0, 0.05) is 47.0 Å². The zero-order valence-corrected chi connectivity index (χ0v) is 16.9. The first-order valence-electron chi connectivity index (χ1n) is 5.40. The Morgan fingerprint density at radius 3 is 2.29 bits per heavy atom. The van der Waals surface area contributed by atoms with Gasteiger partial charge in [0.1, 0.15) is 0 Å². The molecule has 0 N–H and O–H groups in total. The SMILES string of the molecule is C=Cc1ccc2nc[n-]c2c1.CC.CC.[Am].[Y]. The summed E-state index contributed by atoms with van der Waals surface area (Å²) in [5.74, 6) is 0. The average molecular weight is 535 g/mol. The monoisotopic (exact) mass is 533 g/mol. The molecule has 0 unspecified atom stereocenters. The minimum atomic E-state index is 0. The Morgan fingerprint density at radius 2 is 1.76 bits per heavy atom. The molecule has 2 radical (unpaired) electrons. The van der Waals surface area contributed by atoms with Crippen LogP contribution in [-0.4, -0.2) is 4.98 Å². The van der Waals surface area contributed by atoms with Gasteiger partial charge >= 0.3 is 0 Å². The first kappa shape index (κ1) is 22.1. The van der Waals surface area contributed by atoms with Gasteiger partial charge in [0.2, 0.25) is 0 Å². The van der Waals surface area contributed by atoms with Crippen molar-refractivity contribution in [3.63, 3.8) is 0 Å². The van der Waals surface area contributed by atoms with Gasteiger partial charge < -0.3 is 9.97 Å². The average Bonchev–Trinajstić information content (AvgIpc) is 2.81. The van der Waals surface area contributed by atoms with Crippen LogP contribution in [0.1, 0.15) is 33.3 Å². The predicted octanol–water partition coefficient (Wildman–Crippen LogP) is 3.88. The summed E-state index contributed by atoms with van der Waals surface area (Å²) in [5, 5.41) is 0. The van der Waals surface area contributed by atoms with E-state index in [4.69, 9.17) is 0 Å². The van der Waals surface area contributed by atoms with Gasteiger partial charge in [0.05, 0.1) is 0 Å². The van der Waals surface area contributed by atoms with Crippen molar-refractivity contribution in [1.29, 1.82) is 0 Å². The first-order chi connectivity index (χ1) is 7.40. The van der Waals surface area contributed by atoms with Crippen molar-refractivity contribution in [2.24, 2.45) is 0 Å². The van der Waals surface area contributed by atoms with Crippen LogP contribution in [-0.2, 0) is 32.7 Å². The molecule has 0 fully saturated rings. The molecular formula is C13H19AmN2Y-. The Kier molecular flexibility index (Phi) is 18.2. The third kappa shape index (κ3) is 7.05. The fraction of sp³-hybridized carbons (Fsp3) is 0.308. The van der Waals surface area contributed by atoms with E-state index in [1.165, 1.54) is 0 Å². The predicted molar refractivity (Wildman–Crippen MR) is 67.9 cm³/mol. The molecule has 0 bridgehead atoms. The summed E-state index contributed by atoms with van der Waals surface area (Å²) >= 11 is 0. The van der Waals surface area contributed by atoms with E-state index in [0.29, 0.717) is 0 Å². The van der Waals surface area contributed by atoms with Crippen molar-refractivity contribution in [2.75, 3.05) is 0 Å². The van der Waals surface area contributed by atoms with Gasteiger partial charge in [0.15, 0.2) is 0 Å². The van der Waals surface area contributed by atoms with Crippen molar-refractivity contribution < 1.29 is 47.0 Å². The van der Waals surface area contributed by atoms with Crippen LogP contribution >= 0.6 is 0 Å². The van der Waals surface area contributed by atoms with Crippen LogP contribution in [0.4, 0.5) is 0 Å². The third-order valence-corrected chi connectivity index (χ3v) is 1.63. The third-order valence-electron chi connectivity index (χ3n) is 1.63. The fourth-order valence-corrected chi connectivity index (χ4v) is 1.03. The van der Waals surface area contributed by atoms with Crippen molar-refractivity contribution in [3.05, 3.63) is 36.7 Å². The van der Waals surface area contributed by atoms with Gasteiger partial charge in [-0.15, -0.1) is 0 Å². The molecule has 17 heavy (non-hydrogen) atoms. The number of hydrogen-bond donors (Lipinski definition) is 0. The maximum Gasteiger partial charge on any atom is 0 e. The Bertz CT molecular complexity index is 399. The zero-order chi connectivity index (χ0) is 11.7. The minimum absolute atomic E-state index is 0. The molecule has 0 spiro atoms. The maximum absolute atomic E-state index is 4.07. The summed E-state index contributed by atoms with van der Waals surface area (Å²) in [5.41, 5.74) is 2.95. The van der Waals surface area contributed by atoms with Crippen LogP contribution in [0.5, 0.6) is 0 Å². The quantitative estimate of drug-likeness (QED) is 0.555. The summed E-state index contributed by atoms with van der Waals surface area (Å²) in [6.07, 6.45) is 3.37. The summed E-state index contributed by atoms with van der Waals surface area (Å²) < 4.78 is 0. The molecule has 0 saturated heterocycles. The van der Waals surface area contributed by atoms with Crippen molar-refractivity contribution in [3.8, 4) is 0 Å². The Hall–Kier alpha value is -0.0765. The van der Waals surface area contributed by atoms with Crippen molar-refractivity contribution >= 4 is 17.1 Å². The standard InChI is InChI=1S/C9H7N2.2C2H6.Am.Y/c1-2-7-3-4-8-9(5-7)11-6-10-8;2*1-2;;/h2-6H,1H2;2*1-2H3;;/q-1;;;;. The molecule has 0 aliphatic rings. The van der Waals surface area contributed by atoms with E-state index in [0.717, 1.165) is 16.6 Å². The first-order valence-corrected chi connectivity index (χ1v) is 5.40. The molecule has 0 saturated carbocycles. The van der Waals surface area contributed by atoms with Crippen LogP contribution in [0.25, 0.3) is 17.1 Å². The van der Waals surface area contributed by atoms with Crippen molar-refractivity contribution in [2.45, 2.75) is 27.7 Å². The molecule has 0 atom stereocenters. The van der Waals surface area contributed by atoms with Gasteiger partial charge in [-0.2, -0.15) is 0 Å². The van der Waals surface area contributed by atoms with E-state index in [2.05, 4.69) is 16.5 Å². The second kappa shape index (κ2) is 14.0. The maximum atomic E-state index is 4.07. The number of imidazole rings is 1. The topological polar surface area (TPSA) is 27.0 Å². The number of nitrogens with zero attached hydrogens (tertiary/aromatic N) is 2. The molecule has 0 aliphatic carbocycles. The van der Waals surface area contributed by atoms with Gasteiger partial charge in [-0.25, -0.2) is 0 Å². The fourth-order valence-electron chi connectivity index (χ4n) is 1.03. The van der Waals surface area contributed by atoms with E-state index in [1.807, 2.05) is 45.9 Å². The number of benzene rings is 1. The Morgan fingerprint density at radius 1 is 1.18 bits per heavy atom. The van der Waals surface area contributed by atoms with Crippen LogP contribution in [0, 0.1) is 14.3 Å². The molecule has 2 aromatic rings. The molecular weight excluding hydrogens is 516 g/mol. The largest absolute Gasteiger partial charge is 0.443 e. The van der Waals surface area contributed by atoms with Crippen LogP contribution in [0.3, 0.4) is 0 Å². The Labute approximate surface area is 137 Å². The van der Waals surface area contributed by atoms with E-state index >= 15 is 0 Å². The summed E-state index contributed by atoms with van der Waals surface area (Å²) in [7, 11) is 0. The number of hydrogen-bond acceptors (Lipinski definition) is 1. The van der Waals surface area contributed by atoms with Crippen LogP contribution < -0.4 is 4.98 Å². The Balaban J connectivity index is -0.000000299. The van der Waals surface area contributed by atoms with Gasteiger partial charge in [0.25, 0.3) is 0 Å².